The lowest BCUT2D eigenvalue weighted by Crippen LogP contribution is -2.27. The topological polar surface area (TPSA) is 99.9 Å². The van der Waals surface area contributed by atoms with Gasteiger partial charge in [0.25, 0.3) is 5.91 Å². The standard InChI is InChI=1S/C15H15N5O2/c1-22-9-8-17-15(21)13-6-7-14(20-19-13)18-12-5-3-2-4-11(12)10-16/h2-7H,8-9H2,1H3,(H,17,21)(H,18,20). The molecule has 0 unspecified atom stereocenters. The molecule has 112 valence electrons. The van der Waals surface area contributed by atoms with Gasteiger partial charge in [-0.25, -0.2) is 0 Å². The summed E-state index contributed by atoms with van der Waals surface area (Å²) in [6, 6.07) is 12.3. The Bertz CT molecular complexity index is 679. The molecule has 0 fully saturated rings. The molecule has 0 saturated heterocycles. The molecule has 1 amide bonds. The number of para-hydroxylation sites is 1. The van der Waals surface area contributed by atoms with Crippen LogP contribution in [0.4, 0.5) is 11.5 Å². The van der Waals surface area contributed by atoms with E-state index in [1.165, 1.54) is 0 Å². The van der Waals surface area contributed by atoms with Gasteiger partial charge in [-0.05, 0) is 24.3 Å². The number of nitriles is 1. The number of ether oxygens (including phenoxy) is 1. The molecule has 0 bridgehead atoms. The molecule has 22 heavy (non-hydrogen) atoms. The summed E-state index contributed by atoms with van der Waals surface area (Å²) in [7, 11) is 1.56. The van der Waals surface area contributed by atoms with E-state index in [4.69, 9.17) is 10.00 Å². The van der Waals surface area contributed by atoms with Gasteiger partial charge >= 0.3 is 0 Å². The lowest BCUT2D eigenvalue weighted by atomic mass is 10.2. The molecule has 0 aliphatic heterocycles. The molecule has 2 aromatic rings. The Labute approximate surface area is 127 Å². The van der Waals surface area contributed by atoms with Crippen molar-refractivity contribution in [1.29, 1.82) is 5.26 Å². The van der Waals surface area contributed by atoms with Gasteiger partial charge in [0, 0.05) is 13.7 Å². The average Bonchev–Trinajstić information content (AvgIpc) is 2.56. The summed E-state index contributed by atoms with van der Waals surface area (Å²) in [5.41, 5.74) is 1.36. The third kappa shape index (κ3) is 4.01. The SMILES string of the molecule is COCCNC(=O)c1ccc(Nc2ccccc2C#N)nn1. The van der Waals surface area contributed by atoms with Crippen molar-refractivity contribution in [3.8, 4) is 6.07 Å². The second-order valence-corrected chi connectivity index (χ2v) is 4.33. The monoisotopic (exact) mass is 297 g/mol. The molecule has 7 heteroatoms. The maximum Gasteiger partial charge on any atom is 0.271 e. The van der Waals surface area contributed by atoms with E-state index >= 15 is 0 Å². The Balaban J connectivity index is 2.03. The Morgan fingerprint density at radius 3 is 2.77 bits per heavy atom. The van der Waals surface area contributed by atoms with Crippen molar-refractivity contribution in [2.75, 3.05) is 25.6 Å². The van der Waals surface area contributed by atoms with E-state index < -0.39 is 0 Å². The first-order valence-corrected chi connectivity index (χ1v) is 6.61. The molecule has 0 atom stereocenters. The number of nitrogens with zero attached hydrogens (tertiary/aromatic N) is 3. The zero-order chi connectivity index (χ0) is 15.8. The summed E-state index contributed by atoms with van der Waals surface area (Å²) in [6.07, 6.45) is 0. The number of rotatable bonds is 6. The largest absolute Gasteiger partial charge is 0.383 e. The fourth-order valence-electron chi connectivity index (χ4n) is 1.70. The minimum Gasteiger partial charge on any atom is -0.383 e. The summed E-state index contributed by atoms with van der Waals surface area (Å²) in [5.74, 6) is 0.143. The average molecular weight is 297 g/mol. The summed E-state index contributed by atoms with van der Waals surface area (Å²) in [6.45, 7) is 0.844. The minimum absolute atomic E-state index is 0.218. The summed E-state index contributed by atoms with van der Waals surface area (Å²) in [4.78, 5) is 11.8. The Morgan fingerprint density at radius 2 is 2.09 bits per heavy atom. The Hall–Kier alpha value is -2.98. The van der Waals surface area contributed by atoms with E-state index in [2.05, 4.69) is 26.9 Å². The number of nitrogens with one attached hydrogen (secondary N) is 2. The van der Waals surface area contributed by atoms with Gasteiger partial charge in [0.15, 0.2) is 11.5 Å². The zero-order valence-electron chi connectivity index (χ0n) is 12.0. The zero-order valence-corrected chi connectivity index (χ0v) is 12.0. The van der Waals surface area contributed by atoms with E-state index in [0.717, 1.165) is 0 Å². The first kappa shape index (κ1) is 15.4. The van der Waals surface area contributed by atoms with Crippen LogP contribution in [0.25, 0.3) is 0 Å². The van der Waals surface area contributed by atoms with Gasteiger partial charge in [0.05, 0.1) is 17.9 Å². The third-order valence-corrected chi connectivity index (χ3v) is 2.80. The van der Waals surface area contributed by atoms with E-state index in [1.54, 1.807) is 37.4 Å². The molecule has 1 aromatic carbocycles. The predicted molar refractivity (Wildman–Crippen MR) is 80.7 cm³/mol. The van der Waals surface area contributed by atoms with Crippen molar-refractivity contribution in [2.45, 2.75) is 0 Å². The van der Waals surface area contributed by atoms with Crippen LogP contribution in [-0.2, 0) is 4.74 Å². The van der Waals surface area contributed by atoms with Crippen LogP contribution >= 0.6 is 0 Å². The van der Waals surface area contributed by atoms with Gasteiger partial charge in [0.2, 0.25) is 0 Å². The highest BCUT2D eigenvalue weighted by Crippen LogP contribution is 2.18. The number of aromatic nitrogens is 2. The molecule has 0 spiro atoms. The lowest BCUT2D eigenvalue weighted by molar-refractivity contribution is 0.0931. The second kappa shape index (κ2) is 7.71. The fraction of sp³-hybridized carbons (Fsp3) is 0.200. The van der Waals surface area contributed by atoms with Crippen LogP contribution < -0.4 is 10.6 Å². The highest BCUT2D eigenvalue weighted by molar-refractivity contribution is 5.92. The maximum absolute atomic E-state index is 11.8. The lowest BCUT2D eigenvalue weighted by Gasteiger charge is -2.07. The second-order valence-electron chi connectivity index (χ2n) is 4.33. The van der Waals surface area contributed by atoms with E-state index in [1.807, 2.05) is 6.07 Å². The molecule has 0 aliphatic carbocycles. The van der Waals surface area contributed by atoms with Gasteiger partial charge < -0.3 is 15.4 Å². The molecule has 2 N–H and O–H groups in total. The molecule has 0 aliphatic rings. The van der Waals surface area contributed by atoms with Crippen molar-refractivity contribution in [3.05, 3.63) is 47.7 Å². The third-order valence-electron chi connectivity index (χ3n) is 2.80. The molecule has 1 aromatic heterocycles. The van der Waals surface area contributed by atoms with Gasteiger partial charge in [-0.1, -0.05) is 12.1 Å². The number of methoxy groups -OCH3 is 1. The summed E-state index contributed by atoms with van der Waals surface area (Å²) in [5, 5.41) is 22.5. The normalized spacial score (nSPS) is 9.82. The molecular formula is C15H15N5O2. The predicted octanol–water partition coefficient (Wildman–Crippen LogP) is 1.47. The van der Waals surface area contributed by atoms with Crippen LogP contribution in [0, 0.1) is 11.3 Å². The van der Waals surface area contributed by atoms with Crippen molar-refractivity contribution < 1.29 is 9.53 Å². The van der Waals surface area contributed by atoms with Gasteiger partial charge in [-0.15, -0.1) is 10.2 Å². The number of carbonyl (C=O) groups excluding carboxylic acids is 1. The number of carbonyl (C=O) groups is 1. The molecule has 0 radical (unpaired) electrons. The number of hydrogen-bond acceptors (Lipinski definition) is 6. The first-order valence-electron chi connectivity index (χ1n) is 6.61. The van der Waals surface area contributed by atoms with Crippen molar-refractivity contribution >= 4 is 17.4 Å². The van der Waals surface area contributed by atoms with Gasteiger partial charge in [0.1, 0.15) is 6.07 Å². The highest BCUT2D eigenvalue weighted by atomic mass is 16.5. The van der Waals surface area contributed by atoms with Crippen LogP contribution in [-0.4, -0.2) is 36.4 Å². The van der Waals surface area contributed by atoms with E-state index in [0.29, 0.717) is 30.2 Å². The van der Waals surface area contributed by atoms with Crippen molar-refractivity contribution in [1.82, 2.24) is 15.5 Å². The molecule has 2 rings (SSSR count). The molecular weight excluding hydrogens is 282 g/mol. The first-order chi connectivity index (χ1) is 10.7. The van der Waals surface area contributed by atoms with Crippen LogP contribution in [0.2, 0.25) is 0 Å². The minimum atomic E-state index is -0.312. The van der Waals surface area contributed by atoms with Crippen LogP contribution in [0.1, 0.15) is 16.1 Å². The smallest absolute Gasteiger partial charge is 0.271 e. The van der Waals surface area contributed by atoms with E-state index in [9.17, 15) is 4.79 Å². The maximum atomic E-state index is 11.8. The molecule has 1 heterocycles. The molecule has 0 saturated carbocycles. The Kier molecular flexibility index (Phi) is 5.40. The van der Waals surface area contributed by atoms with Crippen LogP contribution in [0.3, 0.4) is 0 Å². The quantitative estimate of drug-likeness (QED) is 0.783. The number of anilines is 2. The number of amides is 1. The number of hydrogen-bond donors (Lipinski definition) is 2. The Morgan fingerprint density at radius 1 is 1.27 bits per heavy atom. The fourth-order valence-corrected chi connectivity index (χ4v) is 1.70. The van der Waals surface area contributed by atoms with Crippen molar-refractivity contribution in [3.63, 3.8) is 0 Å². The van der Waals surface area contributed by atoms with Crippen molar-refractivity contribution in [2.24, 2.45) is 0 Å². The summed E-state index contributed by atoms with van der Waals surface area (Å²) >= 11 is 0. The summed E-state index contributed by atoms with van der Waals surface area (Å²) < 4.78 is 4.85. The van der Waals surface area contributed by atoms with Crippen LogP contribution in [0.5, 0.6) is 0 Å². The highest BCUT2D eigenvalue weighted by Gasteiger charge is 2.08. The van der Waals surface area contributed by atoms with Gasteiger partial charge in [-0.2, -0.15) is 5.26 Å². The van der Waals surface area contributed by atoms with Gasteiger partial charge in [-0.3, -0.25) is 4.79 Å². The van der Waals surface area contributed by atoms with E-state index in [-0.39, 0.29) is 11.6 Å². The number of benzene rings is 1. The van der Waals surface area contributed by atoms with Crippen LogP contribution in [0.15, 0.2) is 36.4 Å². The molecule has 7 nitrogen and oxygen atoms in total.